The smallest absolute Gasteiger partial charge is 0.303 e. The van der Waals surface area contributed by atoms with Gasteiger partial charge < -0.3 is 25.0 Å². The Morgan fingerprint density at radius 3 is 2.71 bits per heavy atom. The summed E-state index contributed by atoms with van der Waals surface area (Å²) in [5.74, 6) is -0.235. The van der Waals surface area contributed by atoms with Gasteiger partial charge in [-0.05, 0) is 87.0 Å². The Labute approximate surface area is 205 Å². The molecule has 1 aliphatic rings. The maximum absolute atomic E-state index is 12.3. The molecule has 8 heteroatoms. The lowest BCUT2D eigenvalue weighted by atomic mass is 9.88. The first-order chi connectivity index (χ1) is 16.8. The molecule has 1 aliphatic heterocycles. The van der Waals surface area contributed by atoms with E-state index < -0.39 is 11.6 Å². The van der Waals surface area contributed by atoms with Gasteiger partial charge in [-0.1, -0.05) is 0 Å². The van der Waals surface area contributed by atoms with E-state index >= 15 is 0 Å². The predicted octanol–water partition coefficient (Wildman–Crippen LogP) is 4.08. The Kier molecular flexibility index (Phi) is 7.03. The molecule has 0 radical (unpaired) electrons. The molecule has 3 aromatic rings. The second kappa shape index (κ2) is 10.00. The fourth-order valence-corrected chi connectivity index (χ4v) is 4.91. The predicted molar refractivity (Wildman–Crippen MR) is 138 cm³/mol. The number of benzene rings is 2. The van der Waals surface area contributed by atoms with Crippen LogP contribution < -0.4 is 15.4 Å². The molecular weight excluding hydrogens is 444 g/mol. The Hall–Kier alpha value is -3.52. The highest BCUT2D eigenvalue weighted by molar-refractivity contribution is 6.10. The number of aryl methyl sites for hydroxylation is 1. The van der Waals surface area contributed by atoms with Crippen LogP contribution in [0.25, 0.3) is 27.9 Å². The van der Waals surface area contributed by atoms with Crippen molar-refractivity contribution in [3.8, 4) is 5.75 Å². The number of fused-ring (bicyclic) bond motifs is 4. The van der Waals surface area contributed by atoms with Crippen LogP contribution in [-0.4, -0.2) is 53.6 Å². The highest BCUT2D eigenvalue weighted by Crippen LogP contribution is 2.38. The van der Waals surface area contributed by atoms with Crippen LogP contribution in [0.3, 0.4) is 0 Å². The standard InChI is InChI=1S/C27H34N4O4/c1-5-31(24(32)9-10-25(33)34)14-6-12-28-27(3)22-16-21-20-15-18(35-4)7-8-23(20)30-26(21)17(2)19(22)11-13-29-27/h7-8,11,13,15-16,28-30H,5-6,9-10,12,14H2,1-4H3,(H,33,34). The lowest BCUT2D eigenvalue weighted by Gasteiger charge is -2.37. The van der Waals surface area contributed by atoms with Gasteiger partial charge in [-0.2, -0.15) is 0 Å². The number of aliphatic carboxylic acids is 1. The van der Waals surface area contributed by atoms with Crippen LogP contribution in [0, 0.1) is 6.92 Å². The molecule has 0 saturated heterocycles. The van der Waals surface area contributed by atoms with Gasteiger partial charge >= 0.3 is 5.97 Å². The summed E-state index contributed by atoms with van der Waals surface area (Å²) in [7, 11) is 1.68. The quantitative estimate of drug-likeness (QED) is 0.327. The number of carbonyl (C=O) groups is 2. The third kappa shape index (κ3) is 4.84. The Morgan fingerprint density at radius 1 is 1.20 bits per heavy atom. The molecule has 1 unspecified atom stereocenters. The van der Waals surface area contributed by atoms with Crippen LogP contribution in [0.4, 0.5) is 0 Å². The van der Waals surface area contributed by atoms with E-state index in [9.17, 15) is 9.59 Å². The number of carboxylic acids is 1. The van der Waals surface area contributed by atoms with Gasteiger partial charge in [0.15, 0.2) is 0 Å². The fraction of sp³-hybridized carbons (Fsp3) is 0.407. The zero-order chi connectivity index (χ0) is 25.2. The van der Waals surface area contributed by atoms with Crippen LogP contribution in [0.15, 0.2) is 30.5 Å². The third-order valence-electron chi connectivity index (χ3n) is 6.93. The minimum absolute atomic E-state index is 0.0404. The number of amides is 1. The van der Waals surface area contributed by atoms with E-state index in [-0.39, 0.29) is 18.7 Å². The highest BCUT2D eigenvalue weighted by Gasteiger charge is 2.31. The van der Waals surface area contributed by atoms with Crippen molar-refractivity contribution in [1.29, 1.82) is 0 Å². The van der Waals surface area contributed by atoms with Gasteiger partial charge in [0.25, 0.3) is 0 Å². The molecule has 0 spiro atoms. The number of H-pyrrole nitrogens is 1. The number of carbonyl (C=O) groups excluding carboxylic acids is 1. The molecule has 2 heterocycles. The first-order valence-corrected chi connectivity index (χ1v) is 12.1. The van der Waals surface area contributed by atoms with Crippen LogP contribution in [0.1, 0.15) is 49.8 Å². The second-order valence-corrected chi connectivity index (χ2v) is 9.17. The van der Waals surface area contributed by atoms with Gasteiger partial charge in [-0.3, -0.25) is 14.9 Å². The summed E-state index contributed by atoms with van der Waals surface area (Å²) in [5.41, 5.74) is 5.27. The number of aromatic nitrogens is 1. The molecule has 8 nitrogen and oxygen atoms in total. The van der Waals surface area contributed by atoms with E-state index in [1.54, 1.807) is 12.0 Å². The highest BCUT2D eigenvalue weighted by atomic mass is 16.5. The van der Waals surface area contributed by atoms with Crippen molar-refractivity contribution < 1.29 is 19.4 Å². The summed E-state index contributed by atoms with van der Waals surface area (Å²) in [5, 5.41) is 18.3. The maximum Gasteiger partial charge on any atom is 0.303 e. The Balaban J connectivity index is 1.54. The second-order valence-electron chi connectivity index (χ2n) is 9.17. The molecule has 4 rings (SSSR count). The normalized spacial score (nSPS) is 16.8. The lowest BCUT2D eigenvalue weighted by Crippen LogP contribution is -2.51. The van der Waals surface area contributed by atoms with Crippen LogP contribution in [0.2, 0.25) is 0 Å². The van der Waals surface area contributed by atoms with Crippen LogP contribution >= 0.6 is 0 Å². The van der Waals surface area contributed by atoms with E-state index in [4.69, 9.17) is 9.84 Å². The lowest BCUT2D eigenvalue weighted by molar-refractivity contribution is -0.140. The average molecular weight is 479 g/mol. The number of aromatic amines is 1. The molecule has 0 saturated carbocycles. The number of carboxylic acid groups (broad SMARTS) is 1. The van der Waals surface area contributed by atoms with Crippen LogP contribution in [-0.2, 0) is 15.3 Å². The number of methoxy groups -OCH3 is 1. The van der Waals surface area contributed by atoms with Gasteiger partial charge in [0.05, 0.1) is 19.0 Å². The van der Waals surface area contributed by atoms with Gasteiger partial charge in [-0.25, -0.2) is 0 Å². The molecule has 1 amide bonds. The number of hydrogen-bond acceptors (Lipinski definition) is 5. The number of nitrogens with zero attached hydrogens (tertiary/aromatic N) is 1. The van der Waals surface area contributed by atoms with Gasteiger partial charge in [0, 0.05) is 35.8 Å². The maximum atomic E-state index is 12.3. The van der Waals surface area contributed by atoms with Crippen molar-refractivity contribution in [2.24, 2.45) is 0 Å². The zero-order valence-electron chi connectivity index (χ0n) is 20.8. The van der Waals surface area contributed by atoms with Crippen LogP contribution in [0.5, 0.6) is 5.75 Å². The molecule has 0 bridgehead atoms. The van der Waals surface area contributed by atoms with E-state index in [2.05, 4.69) is 53.7 Å². The summed E-state index contributed by atoms with van der Waals surface area (Å²) < 4.78 is 5.46. The fourth-order valence-electron chi connectivity index (χ4n) is 4.91. The summed E-state index contributed by atoms with van der Waals surface area (Å²) in [6.45, 7) is 8.04. The molecular formula is C27H34N4O4. The van der Waals surface area contributed by atoms with Gasteiger partial charge in [0.1, 0.15) is 11.4 Å². The van der Waals surface area contributed by atoms with E-state index in [1.807, 2.05) is 19.2 Å². The number of rotatable bonds is 10. The Morgan fingerprint density at radius 2 is 2.00 bits per heavy atom. The molecule has 1 atom stereocenters. The third-order valence-corrected chi connectivity index (χ3v) is 6.93. The molecule has 2 aromatic carbocycles. The summed E-state index contributed by atoms with van der Waals surface area (Å²) in [6.07, 6.45) is 4.76. The summed E-state index contributed by atoms with van der Waals surface area (Å²) >= 11 is 0. The van der Waals surface area contributed by atoms with Crippen molar-refractivity contribution in [1.82, 2.24) is 20.5 Å². The van der Waals surface area contributed by atoms with E-state index in [0.717, 1.165) is 34.0 Å². The zero-order valence-corrected chi connectivity index (χ0v) is 20.8. The van der Waals surface area contributed by atoms with Crippen molar-refractivity contribution in [3.63, 3.8) is 0 Å². The molecule has 4 N–H and O–H groups in total. The van der Waals surface area contributed by atoms with E-state index in [1.165, 1.54) is 16.7 Å². The first-order valence-electron chi connectivity index (χ1n) is 12.1. The number of nitrogens with one attached hydrogen (secondary N) is 3. The molecule has 186 valence electrons. The summed E-state index contributed by atoms with van der Waals surface area (Å²) in [6, 6.07) is 8.33. The van der Waals surface area contributed by atoms with E-state index in [0.29, 0.717) is 19.6 Å². The average Bonchev–Trinajstić information content (AvgIpc) is 3.21. The van der Waals surface area contributed by atoms with Crippen molar-refractivity contribution in [2.75, 3.05) is 26.7 Å². The van der Waals surface area contributed by atoms with Gasteiger partial charge in [-0.15, -0.1) is 0 Å². The monoisotopic (exact) mass is 478 g/mol. The summed E-state index contributed by atoms with van der Waals surface area (Å²) in [4.78, 5) is 28.4. The SMILES string of the molecule is CCN(CCCNC1(C)NC=Cc2c1cc1c([nH]c3ccc(OC)cc31)c2C)C(=O)CCC(=O)O. The van der Waals surface area contributed by atoms with Crippen molar-refractivity contribution >= 4 is 39.8 Å². The molecule has 35 heavy (non-hydrogen) atoms. The first kappa shape index (κ1) is 24.6. The van der Waals surface area contributed by atoms with Crippen molar-refractivity contribution in [3.05, 3.63) is 47.2 Å². The largest absolute Gasteiger partial charge is 0.497 e. The van der Waals surface area contributed by atoms with Gasteiger partial charge in [0.2, 0.25) is 5.91 Å². The van der Waals surface area contributed by atoms with Crippen molar-refractivity contribution in [2.45, 2.75) is 45.7 Å². The topological polar surface area (TPSA) is 107 Å². The minimum atomic E-state index is -0.947. The number of ether oxygens (including phenoxy) is 1. The number of hydrogen-bond donors (Lipinski definition) is 4. The minimum Gasteiger partial charge on any atom is -0.497 e. The molecule has 0 aliphatic carbocycles. The molecule has 0 fully saturated rings. The Bertz CT molecular complexity index is 1300. The molecule has 1 aromatic heterocycles.